The highest BCUT2D eigenvalue weighted by atomic mass is 16.5. The van der Waals surface area contributed by atoms with Gasteiger partial charge in [-0.25, -0.2) is 0 Å². The first-order valence-electron chi connectivity index (χ1n) is 8.10. The summed E-state index contributed by atoms with van der Waals surface area (Å²) in [6.45, 7) is 4.26. The summed E-state index contributed by atoms with van der Waals surface area (Å²) in [6, 6.07) is 5.74. The second-order valence-electron chi connectivity index (χ2n) is 5.70. The van der Waals surface area contributed by atoms with Gasteiger partial charge in [0.25, 0.3) is 5.91 Å². The number of rotatable bonds is 7. The summed E-state index contributed by atoms with van der Waals surface area (Å²) in [5.41, 5.74) is 7.95. The molecule has 1 aromatic carbocycles. The molecule has 1 aliphatic heterocycles. The molecule has 22 heavy (non-hydrogen) atoms. The number of fused-ring (bicyclic) bond motifs is 1. The van der Waals surface area contributed by atoms with Crippen molar-refractivity contribution in [2.24, 2.45) is 5.73 Å². The standard InChI is InChI=1S/C17H26N2O3/c1-3-5-6-13(18)12-7-8-16-14(11-12)19(9-10-20)17(21)15(4-2)22-16/h7-8,11,13,15,20H,3-6,9-10,18H2,1-2H3. The molecular weight excluding hydrogens is 280 g/mol. The van der Waals surface area contributed by atoms with Crippen LogP contribution < -0.4 is 15.4 Å². The minimum absolute atomic E-state index is 0.0415. The maximum Gasteiger partial charge on any atom is 0.268 e. The zero-order chi connectivity index (χ0) is 16.1. The molecule has 3 N–H and O–H groups in total. The van der Waals surface area contributed by atoms with Gasteiger partial charge in [-0.2, -0.15) is 0 Å². The molecule has 0 saturated carbocycles. The second-order valence-corrected chi connectivity index (χ2v) is 5.70. The van der Waals surface area contributed by atoms with Crippen LogP contribution in [0.2, 0.25) is 0 Å². The van der Waals surface area contributed by atoms with Crippen LogP contribution in [0, 0.1) is 0 Å². The molecule has 122 valence electrons. The number of nitrogens with two attached hydrogens (primary N) is 1. The lowest BCUT2D eigenvalue weighted by Crippen LogP contribution is -2.46. The van der Waals surface area contributed by atoms with Crippen molar-refractivity contribution in [2.45, 2.75) is 51.7 Å². The Labute approximate surface area is 132 Å². The Bertz CT molecular complexity index is 519. The third-order valence-corrected chi connectivity index (χ3v) is 4.08. The van der Waals surface area contributed by atoms with Crippen molar-refractivity contribution in [3.05, 3.63) is 23.8 Å². The number of benzene rings is 1. The molecule has 1 aliphatic rings. The predicted molar refractivity (Wildman–Crippen MR) is 87.0 cm³/mol. The Morgan fingerprint density at radius 3 is 2.82 bits per heavy atom. The molecule has 0 bridgehead atoms. The quantitative estimate of drug-likeness (QED) is 0.811. The zero-order valence-corrected chi connectivity index (χ0v) is 13.4. The van der Waals surface area contributed by atoms with Gasteiger partial charge in [-0.1, -0.05) is 32.8 Å². The van der Waals surface area contributed by atoms with Crippen LogP contribution in [-0.4, -0.2) is 30.3 Å². The van der Waals surface area contributed by atoms with Crippen molar-refractivity contribution in [1.82, 2.24) is 0 Å². The van der Waals surface area contributed by atoms with E-state index >= 15 is 0 Å². The molecule has 0 fully saturated rings. The van der Waals surface area contributed by atoms with Crippen LogP contribution in [0.5, 0.6) is 5.75 Å². The van der Waals surface area contributed by atoms with Gasteiger partial charge in [0.1, 0.15) is 5.75 Å². The van der Waals surface area contributed by atoms with Crippen molar-refractivity contribution in [3.8, 4) is 5.75 Å². The average molecular weight is 306 g/mol. The minimum Gasteiger partial charge on any atom is -0.478 e. The van der Waals surface area contributed by atoms with Gasteiger partial charge in [-0.15, -0.1) is 0 Å². The first-order valence-corrected chi connectivity index (χ1v) is 8.10. The highest BCUT2D eigenvalue weighted by molar-refractivity contribution is 6.00. The largest absolute Gasteiger partial charge is 0.478 e. The van der Waals surface area contributed by atoms with E-state index in [4.69, 9.17) is 10.5 Å². The Morgan fingerprint density at radius 2 is 2.18 bits per heavy atom. The lowest BCUT2D eigenvalue weighted by Gasteiger charge is -2.34. The molecule has 5 nitrogen and oxygen atoms in total. The van der Waals surface area contributed by atoms with E-state index in [1.807, 2.05) is 25.1 Å². The summed E-state index contributed by atoms with van der Waals surface area (Å²) in [7, 11) is 0. The Kier molecular flexibility index (Phi) is 5.80. The summed E-state index contributed by atoms with van der Waals surface area (Å²) in [6.07, 6.45) is 3.24. The summed E-state index contributed by atoms with van der Waals surface area (Å²) in [5.74, 6) is 0.592. The van der Waals surface area contributed by atoms with Crippen molar-refractivity contribution >= 4 is 11.6 Å². The van der Waals surface area contributed by atoms with Crippen molar-refractivity contribution in [1.29, 1.82) is 0 Å². The van der Waals surface area contributed by atoms with Crippen molar-refractivity contribution in [3.63, 3.8) is 0 Å². The van der Waals surface area contributed by atoms with E-state index in [0.29, 0.717) is 17.9 Å². The summed E-state index contributed by atoms with van der Waals surface area (Å²) in [5, 5.41) is 9.26. The zero-order valence-electron chi connectivity index (χ0n) is 13.4. The number of nitrogens with zero attached hydrogens (tertiary/aromatic N) is 1. The van der Waals surface area contributed by atoms with E-state index in [1.54, 1.807) is 4.90 Å². The van der Waals surface area contributed by atoms with Gasteiger partial charge >= 0.3 is 0 Å². The van der Waals surface area contributed by atoms with Gasteiger partial charge in [0.15, 0.2) is 6.10 Å². The molecule has 0 radical (unpaired) electrons. The second kappa shape index (κ2) is 7.61. The Balaban J connectivity index is 2.31. The van der Waals surface area contributed by atoms with Crippen LogP contribution in [0.4, 0.5) is 5.69 Å². The number of hydrogen-bond donors (Lipinski definition) is 2. The normalized spacial score (nSPS) is 18.8. The molecular formula is C17H26N2O3. The van der Waals surface area contributed by atoms with E-state index in [1.165, 1.54) is 0 Å². The fourth-order valence-electron chi connectivity index (χ4n) is 2.75. The van der Waals surface area contributed by atoms with Crippen LogP contribution in [0.25, 0.3) is 0 Å². The molecule has 0 spiro atoms. The number of anilines is 1. The van der Waals surface area contributed by atoms with Crippen LogP contribution >= 0.6 is 0 Å². The molecule has 0 aliphatic carbocycles. The maximum atomic E-state index is 12.4. The number of unbranched alkanes of at least 4 members (excludes halogenated alkanes) is 1. The number of carbonyl (C=O) groups is 1. The number of carbonyl (C=O) groups excluding carboxylic acids is 1. The summed E-state index contributed by atoms with van der Waals surface area (Å²) in [4.78, 5) is 14.0. The van der Waals surface area contributed by atoms with E-state index in [2.05, 4.69) is 6.92 Å². The summed E-state index contributed by atoms with van der Waals surface area (Å²) >= 11 is 0. The number of hydrogen-bond acceptors (Lipinski definition) is 4. The number of β-amino-alcohol motifs (C(OH)–C–C–N with tert-alkyl or cyclic N) is 1. The van der Waals surface area contributed by atoms with Gasteiger partial charge in [0.2, 0.25) is 0 Å². The molecule has 0 saturated heterocycles. The van der Waals surface area contributed by atoms with E-state index in [-0.39, 0.29) is 25.1 Å². The topological polar surface area (TPSA) is 75.8 Å². The SMILES string of the molecule is CCCCC(N)c1ccc2c(c1)N(CCO)C(=O)C(CC)O2. The average Bonchev–Trinajstić information content (AvgIpc) is 2.54. The third-order valence-electron chi connectivity index (χ3n) is 4.08. The van der Waals surface area contributed by atoms with E-state index in [0.717, 1.165) is 24.8 Å². The van der Waals surface area contributed by atoms with Crippen LogP contribution in [0.1, 0.15) is 51.1 Å². The first-order chi connectivity index (χ1) is 10.6. The highest BCUT2D eigenvalue weighted by Gasteiger charge is 2.33. The van der Waals surface area contributed by atoms with Gasteiger partial charge in [-0.3, -0.25) is 4.79 Å². The molecule has 1 amide bonds. The van der Waals surface area contributed by atoms with Gasteiger partial charge in [-0.05, 0) is 30.5 Å². The van der Waals surface area contributed by atoms with Crippen LogP contribution in [0.3, 0.4) is 0 Å². The summed E-state index contributed by atoms with van der Waals surface area (Å²) < 4.78 is 5.77. The molecule has 2 rings (SSSR count). The van der Waals surface area contributed by atoms with Gasteiger partial charge in [0, 0.05) is 12.6 Å². The number of aliphatic hydroxyl groups is 1. The number of amides is 1. The number of ether oxygens (including phenoxy) is 1. The molecule has 2 atom stereocenters. The van der Waals surface area contributed by atoms with E-state index in [9.17, 15) is 9.90 Å². The van der Waals surface area contributed by atoms with Crippen molar-refractivity contribution < 1.29 is 14.6 Å². The molecule has 5 heteroatoms. The van der Waals surface area contributed by atoms with Gasteiger partial charge < -0.3 is 20.5 Å². The van der Waals surface area contributed by atoms with Crippen molar-refractivity contribution in [2.75, 3.05) is 18.1 Å². The first kappa shape index (κ1) is 16.8. The number of aliphatic hydroxyl groups excluding tert-OH is 1. The predicted octanol–water partition coefficient (Wildman–Crippen LogP) is 2.37. The van der Waals surface area contributed by atoms with Crippen LogP contribution in [0.15, 0.2) is 18.2 Å². The van der Waals surface area contributed by atoms with Crippen LogP contribution in [-0.2, 0) is 4.79 Å². The Morgan fingerprint density at radius 1 is 1.41 bits per heavy atom. The molecule has 2 unspecified atom stereocenters. The lowest BCUT2D eigenvalue weighted by molar-refractivity contribution is -0.126. The molecule has 1 aromatic rings. The highest BCUT2D eigenvalue weighted by Crippen LogP contribution is 2.37. The molecule has 0 aromatic heterocycles. The smallest absolute Gasteiger partial charge is 0.268 e. The third kappa shape index (κ3) is 3.42. The molecule has 1 heterocycles. The van der Waals surface area contributed by atoms with Gasteiger partial charge in [0.05, 0.1) is 12.3 Å². The Hall–Kier alpha value is -1.59. The lowest BCUT2D eigenvalue weighted by atomic mass is 10.00. The van der Waals surface area contributed by atoms with E-state index < -0.39 is 6.10 Å². The fraction of sp³-hybridized carbons (Fsp3) is 0.588. The fourth-order valence-corrected chi connectivity index (χ4v) is 2.75. The monoisotopic (exact) mass is 306 g/mol. The minimum atomic E-state index is -0.473. The maximum absolute atomic E-state index is 12.4.